The topological polar surface area (TPSA) is 59.1 Å². The van der Waals surface area contributed by atoms with Gasteiger partial charge in [0.1, 0.15) is 0 Å². The maximum Gasteiger partial charge on any atom is 0.269 e. The number of ether oxygens (including phenoxy) is 2. The third kappa shape index (κ3) is 2.06. The predicted octanol–water partition coefficient (Wildman–Crippen LogP) is 3.98. The van der Waals surface area contributed by atoms with Crippen LogP contribution in [0.5, 0.6) is 11.5 Å². The van der Waals surface area contributed by atoms with Crippen molar-refractivity contribution in [1.29, 1.82) is 0 Å². The molecule has 6 rings (SSSR count). The maximum atomic E-state index is 14.1. The second-order valence-corrected chi connectivity index (χ2v) is 10.2. The van der Waals surface area contributed by atoms with Gasteiger partial charge in [-0.3, -0.25) is 14.5 Å². The van der Waals surface area contributed by atoms with Gasteiger partial charge >= 0.3 is 0 Å². The number of hydrogen-bond acceptors (Lipinski definition) is 5. The summed E-state index contributed by atoms with van der Waals surface area (Å²) < 4.78 is 11.0. The van der Waals surface area contributed by atoms with E-state index in [1.54, 1.807) is 17.0 Å². The summed E-state index contributed by atoms with van der Waals surface area (Å²) in [6.45, 7) is 6.61. The third-order valence-corrected chi connectivity index (χ3v) is 8.06. The lowest BCUT2D eigenvalue weighted by Crippen LogP contribution is -2.56. The average Bonchev–Trinajstić information content (AvgIpc) is 3.37. The lowest BCUT2D eigenvalue weighted by Gasteiger charge is -2.44. The van der Waals surface area contributed by atoms with Crippen LogP contribution >= 0.6 is 11.8 Å². The summed E-state index contributed by atoms with van der Waals surface area (Å²) in [6.07, 6.45) is 0.883. The number of anilines is 2. The third-order valence-electron chi connectivity index (χ3n) is 6.67. The average molecular weight is 423 g/mol. The smallest absolute Gasteiger partial charge is 0.269 e. The fraction of sp³-hybridized carbons (Fsp3) is 0.391. The molecule has 1 saturated heterocycles. The fourth-order valence-corrected chi connectivity index (χ4v) is 6.89. The van der Waals surface area contributed by atoms with Crippen molar-refractivity contribution in [3.8, 4) is 11.5 Å². The fourth-order valence-electron chi connectivity index (χ4n) is 5.56. The molecule has 0 unspecified atom stereocenters. The molecule has 4 aliphatic heterocycles. The van der Waals surface area contributed by atoms with Crippen molar-refractivity contribution in [1.82, 2.24) is 0 Å². The zero-order chi connectivity index (χ0) is 20.8. The molecule has 2 aromatic carbocycles. The van der Waals surface area contributed by atoms with Crippen LogP contribution < -0.4 is 19.3 Å². The Morgan fingerprint density at radius 3 is 2.70 bits per heavy atom. The summed E-state index contributed by atoms with van der Waals surface area (Å²) in [5.41, 5.74) is 3.42. The highest BCUT2D eigenvalue weighted by Crippen LogP contribution is 2.61. The van der Waals surface area contributed by atoms with Crippen molar-refractivity contribution >= 4 is 35.0 Å². The normalized spacial score (nSPS) is 27.9. The van der Waals surface area contributed by atoms with Gasteiger partial charge in [0.2, 0.25) is 17.6 Å². The van der Waals surface area contributed by atoms with Crippen molar-refractivity contribution in [2.45, 2.75) is 43.5 Å². The van der Waals surface area contributed by atoms with Crippen LogP contribution in [0.3, 0.4) is 0 Å². The van der Waals surface area contributed by atoms with Crippen LogP contribution in [-0.4, -0.2) is 29.9 Å². The van der Waals surface area contributed by atoms with Crippen molar-refractivity contribution in [2.75, 3.05) is 22.3 Å². The van der Waals surface area contributed by atoms with Crippen LogP contribution in [0.1, 0.15) is 44.2 Å². The van der Waals surface area contributed by atoms with Gasteiger partial charge in [-0.1, -0.05) is 25.1 Å². The summed E-state index contributed by atoms with van der Waals surface area (Å²) >= 11 is 1.42. The molecule has 1 spiro atoms. The van der Waals surface area contributed by atoms with Gasteiger partial charge in [-0.25, -0.2) is 0 Å². The number of thioether (sulfide) groups is 1. The van der Waals surface area contributed by atoms with E-state index < -0.39 is 4.87 Å². The Bertz CT molecular complexity index is 1130. The minimum absolute atomic E-state index is 0.0321. The van der Waals surface area contributed by atoms with Gasteiger partial charge < -0.3 is 14.4 Å². The van der Waals surface area contributed by atoms with Crippen LogP contribution in [-0.2, 0) is 14.5 Å². The van der Waals surface area contributed by atoms with E-state index in [0.29, 0.717) is 23.1 Å². The number of nitrogens with zero attached hydrogens (tertiary/aromatic N) is 2. The van der Waals surface area contributed by atoms with Gasteiger partial charge in [0, 0.05) is 22.9 Å². The van der Waals surface area contributed by atoms with Gasteiger partial charge in [-0.2, -0.15) is 0 Å². The SMILES string of the molecule is C[C@H]1CC(C)(C)N2C(=O)[C@@]3(SCC(=O)N3c3ccc4c(c3)OCO4)c3cccc1c32. The highest BCUT2D eigenvalue weighted by molar-refractivity contribution is 8.02. The Kier molecular flexibility index (Phi) is 3.46. The monoisotopic (exact) mass is 422 g/mol. The van der Waals surface area contributed by atoms with Crippen LogP contribution in [0.15, 0.2) is 36.4 Å². The minimum atomic E-state index is -1.09. The van der Waals surface area contributed by atoms with E-state index in [1.807, 2.05) is 23.1 Å². The Morgan fingerprint density at radius 2 is 1.87 bits per heavy atom. The second-order valence-electron chi connectivity index (χ2n) is 9.00. The molecule has 2 aromatic rings. The first-order chi connectivity index (χ1) is 14.3. The largest absolute Gasteiger partial charge is 0.454 e. The molecule has 4 aliphatic rings. The molecule has 1 fully saturated rings. The molecule has 0 aromatic heterocycles. The number of amides is 2. The van der Waals surface area contributed by atoms with E-state index in [9.17, 15) is 9.59 Å². The highest BCUT2D eigenvalue weighted by atomic mass is 32.2. The molecule has 0 radical (unpaired) electrons. The van der Waals surface area contributed by atoms with Crippen LogP contribution in [0.2, 0.25) is 0 Å². The molecule has 30 heavy (non-hydrogen) atoms. The number of carbonyl (C=O) groups excluding carboxylic acids is 2. The molecule has 6 nitrogen and oxygen atoms in total. The lowest BCUT2D eigenvalue weighted by atomic mass is 9.80. The molecule has 154 valence electrons. The van der Waals surface area contributed by atoms with E-state index >= 15 is 0 Å². The van der Waals surface area contributed by atoms with E-state index in [4.69, 9.17) is 9.47 Å². The van der Waals surface area contributed by atoms with E-state index in [1.165, 1.54) is 17.3 Å². The zero-order valence-electron chi connectivity index (χ0n) is 17.1. The predicted molar refractivity (Wildman–Crippen MR) is 115 cm³/mol. The Hall–Kier alpha value is -2.67. The Balaban J connectivity index is 1.59. The molecule has 7 heteroatoms. The minimum Gasteiger partial charge on any atom is -0.454 e. The van der Waals surface area contributed by atoms with Gasteiger partial charge in [-0.05, 0) is 43.9 Å². The van der Waals surface area contributed by atoms with Gasteiger partial charge in [0.15, 0.2) is 11.5 Å². The summed E-state index contributed by atoms with van der Waals surface area (Å²) in [4.78, 5) is 29.9. The number of hydrogen-bond donors (Lipinski definition) is 0. The zero-order valence-corrected chi connectivity index (χ0v) is 17.9. The number of carbonyl (C=O) groups is 2. The van der Waals surface area contributed by atoms with Gasteiger partial charge in [-0.15, -0.1) is 11.8 Å². The molecule has 0 N–H and O–H groups in total. The van der Waals surface area contributed by atoms with Gasteiger partial charge in [0.25, 0.3) is 5.91 Å². The summed E-state index contributed by atoms with van der Waals surface area (Å²) in [5, 5.41) is 0. The molecule has 2 amide bonds. The standard InChI is InChI=1S/C23H22N2O4S/c1-13-10-22(2,3)25-20-15(13)5-4-6-16(20)23(21(25)27)24(19(26)11-30-23)14-7-8-17-18(9-14)29-12-28-17/h4-9,13H,10-12H2,1-3H3/t13-,23-/m0/s1. The number of rotatable bonds is 1. The lowest BCUT2D eigenvalue weighted by molar-refractivity contribution is -0.124. The van der Waals surface area contributed by atoms with Crippen LogP contribution in [0.25, 0.3) is 0 Å². The van der Waals surface area contributed by atoms with E-state index in [-0.39, 0.29) is 29.9 Å². The molecule has 4 heterocycles. The van der Waals surface area contributed by atoms with Crippen molar-refractivity contribution in [3.63, 3.8) is 0 Å². The molecular formula is C23H22N2O4S. The van der Waals surface area contributed by atoms with E-state index in [0.717, 1.165) is 17.7 Å². The van der Waals surface area contributed by atoms with Crippen LogP contribution in [0.4, 0.5) is 11.4 Å². The molecular weight excluding hydrogens is 400 g/mol. The number of benzene rings is 2. The van der Waals surface area contributed by atoms with Crippen molar-refractivity contribution < 1.29 is 19.1 Å². The quantitative estimate of drug-likeness (QED) is 0.696. The molecule has 0 bridgehead atoms. The van der Waals surface area contributed by atoms with Gasteiger partial charge in [0.05, 0.1) is 11.4 Å². The molecule has 0 saturated carbocycles. The Morgan fingerprint density at radius 1 is 1.07 bits per heavy atom. The summed E-state index contributed by atoms with van der Waals surface area (Å²) in [5.74, 6) is 1.75. The van der Waals surface area contributed by atoms with Crippen molar-refractivity contribution in [2.24, 2.45) is 0 Å². The first-order valence-corrected chi connectivity index (χ1v) is 11.2. The Labute approximate surface area is 179 Å². The number of fused-ring (bicyclic) bond motifs is 2. The summed E-state index contributed by atoms with van der Waals surface area (Å²) in [6, 6.07) is 11.6. The highest BCUT2D eigenvalue weighted by Gasteiger charge is 2.64. The first kappa shape index (κ1) is 18.1. The molecule has 2 atom stereocenters. The number of para-hydroxylation sites is 1. The maximum absolute atomic E-state index is 14.1. The van der Waals surface area contributed by atoms with Crippen LogP contribution in [0, 0.1) is 0 Å². The first-order valence-electron chi connectivity index (χ1n) is 10.2. The van der Waals surface area contributed by atoms with Crippen molar-refractivity contribution in [3.05, 3.63) is 47.5 Å². The van der Waals surface area contributed by atoms with E-state index in [2.05, 4.69) is 26.8 Å². The second kappa shape index (κ2) is 5.72. The summed E-state index contributed by atoms with van der Waals surface area (Å²) in [7, 11) is 0. The molecule has 0 aliphatic carbocycles.